The molecule has 2 N–H and O–H groups in total. The molecule has 0 saturated carbocycles. The minimum absolute atomic E-state index is 0.155. The van der Waals surface area contributed by atoms with Gasteiger partial charge in [-0.2, -0.15) is 0 Å². The number of carbonyl (C=O) groups is 2. The van der Waals surface area contributed by atoms with Gasteiger partial charge >= 0.3 is 5.97 Å². The fourth-order valence-electron chi connectivity index (χ4n) is 3.18. The van der Waals surface area contributed by atoms with Crippen molar-refractivity contribution in [2.45, 2.75) is 31.4 Å². The number of carboxylic acid groups (broad SMARTS) is 1. The van der Waals surface area contributed by atoms with Crippen LogP contribution in [0.5, 0.6) is 0 Å². The molecule has 0 aromatic heterocycles. The zero-order valence-corrected chi connectivity index (χ0v) is 13.9. The van der Waals surface area contributed by atoms with Gasteiger partial charge in [0.05, 0.1) is 31.6 Å². The molecule has 1 heterocycles. The predicted molar refractivity (Wildman–Crippen MR) is 93.0 cm³/mol. The molecule has 1 aliphatic heterocycles. The van der Waals surface area contributed by atoms with E-state index in [1.807, 2.05) is 48.5 Å². The van der Waals surface area contributed by atoms with Crippen LogP contribution < -0.4 is 5.32 Å². The zero-order chi connectivity index (χ0) is 17.6. The van der Waals surface area contributed by atoms with Crippen molar-refractivity contribution in [1.82, 2.24) is 5.32 Å². The molecular weight excluding hydrogens is 318 g/mol. The van der Waals surface area contributed by atoms with Gasteiger partial charge in [0, 0.05) is 0 Å². The smallest absolute Gasteiger partial charge is 0.305 e. The highest BCUT2D eigenvalue weighted by Crippen LogP contribution is 2.29. The largest absolute Gasteiger partial charge is 0.481 e. The lowest BCUT2D eigenvalue weighted by Gasteiger charge is -2.26. The number of hydrogen-bond donors (Lipinski definition) is 2. The van der Waals surface area contributed by atoms with Gasteiger partial charge in [-0.15, -0.1) is 0 Å². The highest BCUT2D eigenvalue weighted by molar-refractivity contribution is 5.78. The average molecular weight is 339 g/mol. The molecule has 1 aliphatic rings. The first kappa shape index (κ1) is 17.2. The fraction of sp³-hybridized carbons (Fsp3) is 0.300. The third-order valence-electron chi connectivity index (χ3n) is 4.38. The van der Waals surface area contributed by atoms with E-state index in [2.05, 4.69) is 11.4 Å². The monoisotopic (exact) mass is 339 g/mol. The van der Waals surface area contributed by atoms with Gasteiger partial charge in [0.1, 0.15) is 0 Å². The van der Waals surface area contributed by atoms with Gasteiger partial charge in [0.25, 0.3) is 0 Å². The van der Waals surface area contributed by atoms with Gasteiger partial charge in [-0.05, 0) is 23.1 Å². The average Bonchev–Trinajstić information content (AvgIpc) is 2.62. The summed E-state index contributed by atoms with van der Waals surface area (Å²) >= 11 is 0. The molecule has 0 fully saturated rings. The molecule has 25 heavy (non-hydrogen) atoms. The van der Waals surface area contributed by atoms with Crippen LogP contribution in [0.2, 0.25) is 0 Å². The molecule has 3 rings (SSSR count). The Morgan fingerprint density at radius 1 is 1.12 bits per heavy atom. The number of hydrogen-bond acceptors (Lipinski definition) is 3. The summed E-state index contributed by atoms with van der Waals surface area (Å²) in [5.41, 5.74) is 3.03. The van der Waals surface area contributed by atoms with Crippen molar-refractivity contribution in [3.63, 3.8) is 0 Å². The van der Waals surface area contributed by atoms with Crippen LogP contribution in [0.15, 0.2) is 54.6 Å². The standard InChI is InChI=1S/C20H21NO4/c22-19(13-18-16-9-5-4-6-14(16)10-11-25-18)21-17(12-20(23)24)15-7-2-1-3-8-15/h1-9,17-18H,10-13H2,(H,21,22)(H,23,24). The van der Waals surface area contributed by atoms with Crippen molar-refractivity contribution in [2.75, 3.05) is 6.61 Å². The van der Waals surface area contributed by atoms with E-state index in [1.165, 1.54) is 5.56 Å². The van der Waals surface area contributed by atoms with Crippen LogP contribution in [0.3, 0.4) is 0 Å². The second-order valence-corrected chi connectivity index (χ2v) is 6.14. The Morgan fingerprint density at radius 2 is 1.84 bits per heavy atom. The molecule has 2 unspecified atom stereocenters. The summed E-state index contributed by atoms with van der Waals surface area (Å²) in [6, 6.07) is 16.6. The Kier molecular flexibility index (Phi) is 5.46. The molecule has 0 radical (unpaired) electrons. The maximum atomic E-state index is 12.5. The number of carboxylic acids is 1. The third kappa shape index (κ3) is 4.45. The molecule has 2 aromatic carbocycles. The van der Waals surface area contributed by atoms with E-state index in [1.54, 1.807) is 0 Å². The first-order chi connectivity index (χ1) is 12.1. The zero-order valence-electron chi connectivity index (χ0n) is 13.9. The molecule has 0 bridgehead atoms. The van der Waals surface area contributed by atoms with E-state index < -0.39 is 12.0 Å². The van der Waals surface area contributed by atoms with Gasteiger partial charge in [-0.25, -0.2) is 0 Å². The first-order valence-electron chi connectivity index (χ1n) is 8.39. The Morgan fingerprint density at radius 3 is 2.60 bits per heavy atom. The normalized spacial score (nSPS) is 17.4. The summed E-state index contributed by atoms with van der Waals surface area (Å²) < 4.78 is 5.77. The number of carbonyl (C=O) groups excluding carboxylic acids is 1. The molecule has 1 amide bonds. The second-order valence-electron chi connectivity index (χ2n) is 6.14. The Bertz CT molecular complexity index is 744. The van der Waals surface area contributed by atoms with Crippen LogP contribution in [0, 0.1) is 0 Å². The first-order valence-corrected chi connectivity index (χ1v) is 8.39. The lowest BCUT2D eigenvalue weighted by molar-refractivity contribution is -0.137. The summed E-state index contributed by atoms with van der Waals surface area (Å²) in [7, 11) is 0. The number of ether oxygens (including phenoxy) is 1. The van der Waals surface area contributed by atoms with Crippen LogP contribution in [0.1, 0.15) is 41.7 Å². The SMILES string of the molecule is O=C(O)CC(NC(=O)CC1OCCc2ccccc21)c1ccccc1. The van der Waals surface area contributed by atoms with Crippen LogP contribution in [0.4, 0.5) is 0 Å². The summed E-state index contributed by atoms with van der Waals surface area (Å²) in [5.74, 6) is -1.16. The highest BCUT2D eigenvalue weighted by atomic mass is 16.5. The number of amides is 1. The number of benzene rings is 2. The molecular formula is C20H21NO4. The highest BCUT2D eigenvalue weighted by Gasteiger charge is 2.25. The van der Waals surface area contributed by atoms with E-state index in [0.717, 1.165) is 17.5 Å². The molecule has 130 valence electrons. The van der Waals surface area contributed by atoms with E-state index in [4.69, 9.17) is 9.84 Å². The number of aliphatic carboxylic acids is 1. The third-order valence-corrected chi connectivity index (χ3v) is 4.38. The quantitative estimate of drug-likeness (QED) is 0.848. The van der Waals surface area contributed by atoms with E-state index >= 15 is 0 Å². The van der Waals surface area contributed by atoms with Crippen LogP contribution in [-0.2, 0) is 20.7 Å². The Hall–Kier alpha value is -2.66. The van der Waals surface area contributed by atoms with E-state index in [-0.39, 0.29) is 24.9 Å². The van der Waals surface area contributed by atoms with Gasteiger partial charge in [-0.3, -0.25) is 9.59 Å². The lowest BCUT2D eigenvalue weighted by atomic mass is 9.95. The Labute approximate surface area is 146 Å². The Balaban J connectivity index is 1.69. The molecule has 5 heteroatoms. The molecule has 5 nitrogen and oxygen atoms in total. The van der Waals surface area contributed by atoms with Crippen molar-refractivity contribution in [3.05, 3.63) is 71.3 Å². The summed E-state index contributed by atoms with van der Waals surface area (Å²) in [4.78, 5) is 23.6. The van der Waals surface area contributed by atoms with Gasteiger partial charge in [-0.1, -0.05) is 54.6 Å². The number of fused-ring (bicyclic) bond motifs is 1. The summed E-state index contributed by atoms with van der Waals surface area (Å²) in [5, 5.41) is 12.0. The van der Waals surface area contributed by atoms with Gasteiger partial charge in [0.15, 0.2) is 0 Å². The minimum atomic E-state index is -0.951. The van der Waals surface area contributed by atoms with Crippen LogP contribution in [-0.4, -0.2) is 23.6 Å². The van der Waals surface area contributed by atoms with Crippen molar-refractivity contribution in [2.24, 2.45) is 0 Å². The van der Waals surface area contributed by atoms with Crippen molar-refractivity contribution in [1.29, 1.82) is 0 Å². The lowest BCUT2D eigenvalue weighted by Crippen LogP contribution is -2.32. The fourth-order valence-corrected chi connectivity index (χ4v) is 3.18. The van der Waals surface area contributed by atoms with Crippen molar-refractivity contribution >= 4 is 11.9 Å². The predicted octanol–water partition coefficient (Wildman–Crippen LogP) is 3.02. The summed E-state index contributed by atoms with van der Waals surface area (Å²) in [6.45, 7) is 0.589. The van der Waals surface area contributed by atoms with Crippen molar-refractivity contribution in [3.8, 4) is 0 Å². The van der Waals surface area contributed by atoms with Gasteiger partial charge < -0.3 is 15.2 Å². The number of rotatable bonds is 6. The number of nitrogens with one attached hydrogen (secondary N) is 1. The maximum absolute atomic E-state index is 12.5. The van der Waals surface area contributed by atoms with Crippen molar-refractivity contribution < 1.29 is 19.4 Å². The maximum Gasteiger partial charge on any atom is 0.305 e. The summed E-state index contributed by atoms with van der Waals surface area (Å²) in [6.07, 6.45) is 0.587. The van der Waals surface area contributed by atoms with E-state index in [9.17, 15) is 9.59 Å². The second kappa shape index (κ2) is 7.94. The molecule has 0 spiro atoms. The molecule has 2 atom stereocenters. The van der Waals surface area contributed by atoms with E-state index in [0.29, 0.717) is 6.61 Å². The molecule has 0 aliphatic carbocycles. The van der Waals surface area contributed by atoms with Crippen LogP contribution in [0.25, 0.3) is 0 Å². The molecule has 2 aromatic rings. The van der Waals surface area contributed by atoms with Crippen LogP contribution >= 0.6 is 0 Å². The topological polar surface area (TPSA) is 75.6 Å². The molecule has 0 saturated heterocycles. The van der Waals surface area contributed by atoms with Gasteiger partial charge in [0.2, 0.25) is 5.91 Å². The minimum Gasteiger partial charge on any atom is -0.481 e.